The molecule has 0 bridgehead atoms. The Hall–Kier alpha value is -3.56. The molecule has 1 unspecified atom stereocenters. The number of amides is 1. The van der Waals surface area contributed by atoms with Crippen molar-refractivity contribution < 1.29 is 40.7 Å². The lowest BCUT2D eigenvalue weighted by Gasteiger charge is -2.29. The molecule has 0 fully saturated rings. The maximum Gasteiger partial charge on any atom is 0.416 e. The van der Waals surface area contributed by atoms with Crippen LogP contribution in [0.4, 0.5) is 26.3 Å². The van der Waals surface area contributed by atoms with Gasteiger partial charge in [0.05, 0.1) is 23.8 Å². The second-order valence-corrected chi connectivity index (χ2v) is 8.53. The zero-order valence-corrected chi connectivity index (χ0v) is 20.1. The number of ether oxygens (including phenoxy) is 1. The first-order chi connectivity index (χ1) is 17.3. The van der Waals surface area contributed by atoms with E-state index in [4.69, 9.17) is 4.74 Å². The van der Waals surface area contributed by atoms with E-state index >= 15 is 0 Å². The van der Waals surface area contributed by atoms with Gasteiger partial charge in [-0.05, 0) is 60.4 Å². The standard InChI is InChI=1S/C27H25F6NO3/c1-3-37-24(35)10-6-9-23(19-12-11-17-7-4-5-8-18(17)13-19)34(2)25(36)20-14-21(26(28,29)30)16-22(15-20)27(31,32)33/h4-5,7-8,11-16,23H,3,6,9-10H2,1-2H3. The summed E-state index contributed by atoms with van der Waals surface area (Å²) in [5.74, 6) is -1.45. The van der Waals surface area contributed by atoms with Crippen LogP contribution in [0.5, 0.6) is 0 Å². The number of esters is 1. The summed E-state index contributed by atoms with van der Waals surface area (Å²) < 4.78 is 85.0. The Kier molecular flexibility index (Phi) is 8.50. The molecule has 0 aliphatic rings. The SMILES string of the molecule is CCOC(=O)CCCC(c1ccc2ccccc2c1)N(C)C(=O)c1cc(C(F)(F)F)cc(C(F)(F)F)c1. The van der Waals surface area contributed by atoms with Crippen molar-refractivity contribution in [1.29, 1.82) is 0 Å². The fourth-order valence-corrected chi connectivity index (χ4v) is 4.10. The van der Waals surface area contributed by atoms with Crippen LogP contribution < -0.4 is 0 Å². The first kappa shape index (κ1) is 28.0. The predicted molar refractivity (Wildman–Crippen MR) is 126 cm³/mol. The van der Waals surface area contributed by atoms with Crippen LogP contribution in [0, 0.1) is 0 Å². The molecule has 3 aromatic rings. The van der Waals surface area contributed by atoms with Gasteiger partial charge in [0.1, 0.15) is 0 Å². The van der Waals surface area contributed by atoms with Crippen LogP contribution >= 0.6 is 0 Å². The number of benzene rings is 3. The van der Waals surface area contributed by atoms with E-state index in [0.29, 0.717) is 17.7 Å². The molecule has 1 atom stereocenters. The topological polar surface area (TPSA) is 46.6 Å². The normalized spacial score (nSPS) is 12.9. The van der Waals surface area contributed by atoms with Gasteiger partial charge in [0.25, 0.3) is 5.91 Å². The number of rotatable bonds is 8. The Labute approximate surface area is 209 Å². The number of halogens is 6. The van der Waals surface area contributed by atoms with Gasteiger partial charge in [0.2, 0.25) is 0 Å². The largest absolute Gasteiger partial charge is 0.466 e. The smallest absolute Gasteiger partial charge is 0.416 e. The van der Waals surface area contributed by atoms with Crippen molar-refractivity contribution in [3.63, 3.8) is 0 Å². The van der Waals surface area contributed by atoms with Crippen LogP contribution in [-0.4, -0.2) is 30.4 Å². The molecule has 0 radical (unpaired) electrons. The Bertz CT molecular complexity index is 1240. The van der Waals surface area contributed by atoms with E-state index < -0.39 is 47.0 Å². The molecule has 37 heavy (non-hydrogen) atoms. The van der Waals surface area contributed by atoms with Crippen LogP contribution in [0.3, 0.4) is 0 Å². The third-order valence-electron chi connectivity index (χ3n) is 5.94. The first-order valence-electron chi connectivity index (χ1n) is 11.5. The van der Waals surface area contributed by atoms with Gasteiger partial charge in [-0.2, -0.15) is 26.3 Å². The lowest BCUT2D eigenvalue weighted by Crippen LogP contribution is -2.32. The van der Waals surface area contributed by atoms with Crippen LogP contribution in [0.25, 0.3) is 10.8 Å². The average Bonchev–Trinajstić information content (AvgIpc) is 2.84. The van der Waals surface area contributed by atoms with Gasteiger partial charge in [-0.15, -0.1) is 0 Å². The average molecular weight is 525 g/mol. The van der Waals surface area contributed by atoms with Gasteiger partial charge >= 0.3 is 18.3 Å². The minimum atomic E-state index is -5.08. The number of fused-ring (bicyclic) bond motifs is 1. The molecule has 0 spiro atoms. The first-order valence-corrected chi connectivity index (χ1v) is 11.5. The molecule has 0 saturated carbocycles. The second kappa shape index (κ2) is 11.2. The summed E-state index contributed by atoms with van der Waals surface area (Å²) in [6, 6.07) is 12.9. The quantitative estimate of drug-likeness (QED) is 0.227. The summed E-state index contributed by atoms with van der Waals surface area (Å²) in [5, 5.41) is 1.76. The fourth-order valence-electron chi connectivity index (χ4n) is 4.10. The van der Waals surface area contributed by atoms with Gasteiger partial charge in [0, 0.05) is 19.0 Å². The number of carbonyl (C=O) groups is 2. The van der Waals surface area contributed by atoms with E-state index in [-0.39, 0.29) is 31.9 Å². The fraction of sp³-hybridized carbons (Fsp3) is 0.333. The van der Waals surface area contributed by atoms with E-state index in [1.807, 2.05) is 30.3 Å². The molecule has 1 amide bonds. The van der Waals surface area contributed by atoms with Crippen molar-refractivity contribution in [1.82, 2.24) is 4.90 Å². The summed E-state index contributed by atoms with van der Waals surface area (Å²) in [5.41, 5.74) is -3.24. The minimum absolute atomic E-state index is 0.0169. The van der Waals surface area contributed by atoms with Crippen molar-refractivity contribution in [2.24, 2.45) is 0 Å². The molecule has 3 rings (SSSR count). The predicted octanol–water partition coefficient (Wildman–Crippen LogP) is 7.42. The summed E-state index contributed by atoms with van der Waals surface area (Å²) in [6.45, 7) is 1.86. The molecule has 10 heteroatoms. The molecule has 3 aromatic carbocycles. The van der Waals surface area contributed by atoms with E-state index in [1.54, 1.807) is 19.1 Å². The minimum Gasteiger partial charge on any atom is -0.466 e. The van der Waals surface area contributed by atoms with Crippen molar-refractivity contribution in [3.8, 4) is 0 Å². The zero-order chi connectivity index (χ0) is 27.4. The summed E-state index contributed by atoms with van der Waals surface area (Å²) in [7, 11) is 1.32. The summed E-state index contributed by atoms with van der Waals surface area (Å²) in [4.78, 5) is 26.2. The third-order valence-corrected chi connectivity index (χ3v) is 5.94. The number of hydrogen-bond donors (Lipinski definition) is 0. The summed E-state index contributed by atoms with van der Waals surface area (Å²) >= 11 is 0. The molecular weight excluding hydrogens is 500 g/mol. The van der Waals surface area contributed by atoms with E-state index in [1.165, 1.54) is 7.05 Å². The highest BCUT2D eigenvalue weighted by molar-refractivity contribution is 5.95. The van der Waals surface area contributed by atoms with Gasteiger partial charge in [-0.25, -0.2) is 0 Å². The van der Waals surface area contributed by atoms with Gasteiger partial charge < -0.3 is 9.64 Å². The molecule has 4 nitrogen and oxygen atoms in total. The molecular formula is C27H25F6NO3. The van der Waals surface area contributed by atoms with Gasteiger partial charge in [0.15, 0.2) is 0 Å². The number of nitrogens with zero attached hydrogens (tertiary/aromatic N) is 1. The highest BCUT2D eigenvalue weighted by Gasteiger charge is 2.38. The molecule has 0 aromatic heterocycles. The van der Waals surface area contributed by atoms with Crippen molar-refractivity contribution in [2.45, 2.75) is 44.6 Å². The highest BCUT2D eigenvalue weighted by atomic mass is 19.4. The maximum absolute atomic E-state index is 13.3. The van der Waals surface area contributed by atoms with Crippen molar-refractivity contribution >= 4 is 22.6 Å². The maximum atomic E-state index is 13.3. The lowest BCUT2D eigenvalue weighted by atomic mass is 9.95. The Morgan fingerprint density at radius 1 is 0.865 bits per heavy atom. The van der Waals surface area contributed by atoms with Crippen LogP contribution in [0.15, 0.2) is 60.7 Å². The third kappa shape index (κ3) is 7.02. The van der Waals surface area contributed by atoms with E-state index in [9.17, 15) is 35.9 Å². The van der Waals surface area contributed by atoms with Gasteiger partial charge in [-0.1, -0.05) is 36.4 Å². The van der Waals surface area contributed by atoms with Gasteiger partial charge in [-0.3, -0.25) is 9.59 Å². The zero-order valence-electron chi connectivity index (χ0n) is 20.1. The van der Waals surface area contributed by atoms with Crippen LogP contribution in [-0.2, 0) is 21.9 Å². The number of alkyl halides is 6. The highest BCUT2D eigenvalue weighted by Crippen LogP contribution is 2.37. The lowest BCUT2D eigenvalue weighted by molar-refractivity contribution is -0.144. The molecule has 0 heterocycles. The van der Waals surface area contributed by atoms with Crippen molar-refractivity contribution in [2.75, 3.05) is 13.7 Å². The number of hydrogen-bond acceptors (Lipinski definition) is 3. The molecule has 198 valence electrons. The van der Waals surface area contributed by atoms with Crippen molar-refractivity contribution in [3.05, 3.63) is 82.9 Å². The Balaban J connectivity index is 2.00. The van der Waals surface area contributed by atoms with Crippen LogP contribution in [0.2, 0.25) is 0 Å². The second-order valence-electron chi connectivity index (χ2n) is 8.53. The van der Waals surface area contributed by atoms with E-state index in [2.05, 4.69) is 0 Å². The monoisotopic (exact) mass is 525 g/mol. The molecule has 0 saturated heterocycles. The Morgan fingerprint density at radius 3 is 2.03 bits per heavy atom. The van der Waals surface area contributed by atoms with Crippen LogP contribution in [0.1, 0.15) is 59.3 Å². The Morgan fingerprint density at radius 2 is 1.46 bits per heavy atom. The molecule has 0 N–H and O–H groups in total. The summed E-state index contributed by atoms with van der Waals surface area (Å²) in [6.07, 6.45) is -9.60. The molecule has 0 aliphatic carbocycles. The molecule has 0 aliphatic heterocycles. The van der Waals surface area contributed by atoms with E-state index in [0.717, 1.165) is 15.7 Å². The number of carbonyl (C=O) groups excluding carboxylic acids is 2.